The van der Waals surface area contributed by atoms with E-state index >= 15 is 0 Å². The lowest BCUT2D eigenvalue weighted by molar-refractivity contribution is 0.112. The van der Waals surface area contributed by atoms with Gasteiger partial charge in [0, 0.05) is 23.5 Å². The molecule has 0 aromatic carbocycles. The predicted molar refractivity (Wildman–Crippen MR) is 54.9 cm³/mol. The normalized spacial score (nSPS) is 8.69. The van der Waals surface area contributed by atoms with Crippen LogP contribution in [0.1, 0.15) is 22.5 Å². The largest absolute Gasteiger partial charge is 0.298 e. The molecule has 0 unspecified atom stereocenters. The summed E-state index contributed by atoms with van der Waals surface area (Å²) in [5.74, 6) is 5.80. The topological polar surface area (TPSA) is 30.0 Å². The SMILES string of the molecule is O=Cc1ccnc(C#CCCBr)c1. The van der Waals surface area contributed by atoms with Crippen molar-refractivity contribution < 1.29 is 4.79 Å². The minimum Gasteiger partial charge on any atom is -0.298 e. The summed E-state index contributed by atoms with van der Waals surface area (Å²) < 4.78 is 0. The number of alkyl halides is 1. The average Bonchev–Trinajstić information content (AvgIpc) is 2.19. The van der Waals surface area contributed by atoms with Gasteiger partial charge in [-0.2, -0.15) is 0 Å². The van der Waals surface area contributed by atoms with Crippen LogP contribution in [0.4, 0.5) is 0 Å². The van der Waals surface area contributed by atoms with Gasteiger partial charge in [0.1, 0.15) is 12.0 Å². The van der Waals surface area contributed by atoms with Crippen LogP contribution in [0.25, 0.3) is 0 Å². The van der Waals surface area contributed by atoms with E-state index in [0.29, 0.717) is 11.3 Å². The molecule has 0 aliphatic rings. The van der Waals surface area contributed by atoms with Crippen molar-refractivity contribution in [3.63, 3.8) is 0 Å². The number of carbonyl (C=O) groups is 1. The average molecular weight is 238 g/mol. The Balaban J connectivity index is 2.79. The smallest absolute Gasteiger partial charge is 0.150 e. The lowest BCUT2D eigenvalue weighted by atomic mass is 10.2. The van der Waals surface area contributed by atoms with E-state index in [2.05, 4.69) is 32.8 Å². The summed E-state index contributed by atoms with van der Waals surface area (Å²) in [6.07, 6.45) is 3.16. The highest BCUT2D eigenvalue weighted by Crippen LogP contribution is 1.97. The Labute approximate surface area is 85.5 Å². The molecule has 0 saturated heterocycles. The van der Waals surface area contributed by atoms with Gasteiger partial charge < -0.3 is 0 Å². The zero-order valence-corrected chi connectivity index (χ0v) is 8.54. The van der Waals surface area contributed by atoms with Gasteiger partial charge in [-0.3, -0.25) is 4.79 Å². The minimum atomic E-state index is 0.609. The third-order valence-corrected chi connectivity index (χ3v) is 1.75. The number of hydrogen-bond acceptors (Lipinski definition) is 2. The Kier molecular flexibility index (Phi) is 4.20. The zero-order valence-electron chi connectivity index (χ0n) is 6.96. The molecule has 1 heterocycles. The maximum absolute atomic E-state index is 10.4. The second-order valence-corrected chi connectivity index (χ2v) is 3.13. The number of pyridine rings is 1. The molecule has 0 aliphatic heterocycles. The molecule has 1 rings (SSSR count). The van der Waals surface area contributed by atoms with E-state index in [1.54, 1.807) is 18.3 Å². The van der Waals surface area contributed by atoms with E-state index in [1.807, 2.05) is 0 Å². The number of carbonyl (C=O) groups excluding carboxylic acids is 1. The van der Waals surface area contributed by atoms with Gasteiger partial charge >= 0.3 is 0 Å². The molecule has 0 atom stereocenters. The Bertz CT molecular complexity index is 351. The summed E-state index contributed by atoms with van der Waals surface area (Å²) in [5.41, 5.74) is 1.25. The third-order valence-electron chi connectivity index (χ3n) is 1.36. The Morgan fingerprint density at radius 1 is 1.62 bits per heavy atom. The van der Waals surface area contributed by atoms with Gasteiger partial charge in [0.25, 0.3) is 0 Å². The standard InChI is InChI=1S/C10H8BrNO/c11-5-2-1-3-10-7-9(8-13)4-6-12-10/h4,6-8H,2,5H2. The molecular weight excluding hydrogens is 230 g/mol. The predicted octanol–water partition coefficient (Wildman–Crippen LogP) is 2.03. The first-order chi connectivity index (χ1) is 6.36. The summed E-state index contributed by atoms with van der Waals surface area (Å²) in [6.45, 7) is 0. The van der Waals surface area contributed by atoms with Crippen LogP contribution < -0.4 is 0 Å². The maximum atomic E-state index is 10.4. The van der Waals surface area contributed by atoms with Crippen LogP contribution in [0.5, 0.6) is 0 Å². The van der Waals surface area contributed by atoms with Crippen molar-refractivity contribution in [1.82, 2.24) is 4.98 Å². The lowest BCUT2D eigenvalue weighted by Gasteiger charge is -1.90. The molecule has 0 N–H and O–H groups in total. The van der Waals surface area contributed by atoms with Crippen molar-refractivity contribution in [1.29, 1.82) is 0 Å². The molecule has 0 radical (unpaired) electrons. The minimum absolute atomic E-state index is 0.609. The Hall–Kier alpha value is -1.14. The van der Waals surface area contributed by atoms with Crippen molar-refractivity contribution in [2.24, 2.45) is 0 Å². The van der Waals surface area contributed by atoms with E-state index in [4.69, 9.17) is 0 Å². The molecule has 0 amide bonds. The van der Waals surface area contributed by atoms with Crippen LogP contribution in [0.2, 0.25) is 0 Å². The lowest BCUT2D eigenvalue weighted by Crippen LogP contribution is -1.85. The van der Waals surface area contributed by atoms with Crippen molar-refractivity contribution in [3.8, 4) is 11.8 Å². The first-order valence-corrected chi connectivity index (χ1v) is 4.95. The van der Waals surface area contributed by atoms with Crippen LogP contribution in [0, 0.1) is 11.8 Å². The van der Waals surface area contributed by atoms with Gasteiger partial charge in [-0.25, -0.2) is 4.98 Å². The highest BCUT2D eigenvalue weighted by Gasteiger charge is 1.91. The molecule has 2 nitrogen and oxygen atoms in total. The van der Waals surface area contributed by atoms with Gasteiger partial charge in [0.15, 0.2) is 0 Å². The maximum Gasteiger partial charge on any atom is 0.150 e. The van der Waals surface area contributed by atoms with E-state index < -0.39 is 0 Å². The number of hydrogen-bond donors (Lipinski definition) is 0. The number of aldehydes is 1. The molecule has 13 heavy (non-hydrogen) atoms. The van der Waals surface area contributed by atoms with Crippen LogP contribution in [0.3, 0.4) is 0 Å². The highest BCUT2D eigenvalue weighted by molar-refractivity contribution is 9.09. The molecule has 0 saturated carbocycles. The quantitative estimate of drug-likeness (QED) is 0.448. The zero-order chi connectivity index (χ0) is 9.52. The molecular formula is C10H8BrNO. The third kappa shape index (κ3) is 3.39. The molecule has 0 fully saturated rings. The van der Waals surface area contributed by atoms with E-state index in [1.165, 1.54) is 0 Å². The Morgan fingerprint density at radius 2 is 2.46 bits per heavy atom. The van der Waals surface area contributed by atoms with Gasteiger partial charge in [0.2, 0.25) is 0 Å². The van der Waals surface area contributed by atoms with Crippen LogP contribution in [0.15, 0.2) is 18.3 Å². The van der Waals surface area contributed by atoms with Crippen molar-refractivity contribution in [2.75, 3.05) is 5.33 Å². The Morgan fingerprint density at radius 3 is 3.15 bits per heavy atom. The molecule has 3 heteroatoms. The molecule has 1 aromatic heterocycles. The molecule has 66 valence electrons. The highest BCUT2D eigenvalue weighted by atomic mass is 79.9. The van der Waals surface area contributed by atoms with Crippen molar-refractivity contribution in [3.05, 3.63) is 29.6 Å². The van der Waals surface area contributed by atoms with Crippen LogP contribution in [-0.2, 0) is 0 Å². The summed E-state index contributed by atoms with van der Waals surface area (Å²) in [5, 5.41) is 0.855. The fraction of sp³-hybridized carbons (Fsp3) is 0.200. The van der Waals surface area contributed by atoms with E-state index in [-0.39, 0.29) is 0 Å². The second-order valence-electron chi connectivity index (χ2n) is 2.33. The number of aromatic nitrogens is 1. The molecule has 0 bridgehead atoms. The fourth-order valence-corrected chi connectivity index (χ4v) is 0.987. The summed E-state index contributed by atoms with van der Waals surface area (Å²) in [4.78, 5) is 14.4. The van der Waals surface area contributed by atoms with Crippen LogP contribution >= 0.6 is 15.9 Å². The number of rotatable bonds is 2. The first kappa shape index (κ1) is 9.94. The van der Waals surface area contributed by atoms with E-state index in [9.17, 15) is 4.79 Å². The second kappa shape index (κ2) is 5.50. The van der Waals surface area contributed by atoms with Crippen molar-refractivity contribution >= 4 is 22.2 Å². The van der Waals surface area contributed by atoms with Crippen molar-refractivity contribution in [2.45, 2.75) is 6.42 Å². The fourth-order valence-electron chi connectivity index (χ4n) is 0.789. The monoisotopic (exact) mass is 237 g/mol. The molecule has 0 spiro atoms. The first-order valence-electron chi connectivity index (χ1n) is 3.83. The molecule has 0 aliphatic carbocycles. The van der Waals surface area contributed by atoms with E-state index in [0.717, 1.165) is 18.0 Å². The van der Waals surface area contributed by atoms with Gasteiger partial charge in [-0.15, -0.1) is 0 Å². The van der Waals surface area contributed by atoms with Gasteiger partial charge in [0.05, 0.1) is 0 Å². The van der Waals surface area contributed by atoms with Crippen LogP contribution in [-0.4, -0.2) is 16.6 Å². The molecule has 1 aromatic rings. The summed E-state index contributed by atoms with van der Waals surface area (Å²) >= 11 is 3.27. The summed E-state index contributed by atoms with van der Waals surface area (Å²) in [6, 6.07) is 3.33. The summed E-state index contributed by atoms with van der Waals surface area (Å²) in [7, 11) is 0. The number of halogens is 1. The van der Waals surface area contributed by atoms with Gasteiger partial charge in [-0.05, 0) is 18.1 Å². The van der Waals surface area contributed by atoms with Gasteiger partial charge in [-0.1, -0.05) is 21.9 Å². The number of nitrogens with zero attached hydrogens (tertiary/aromatic N) is 1.